The van der Waals surface area contributed by atoms with Crippen molar-refractivity contribution >= 4 is 43.5 Å². The lowest BCUT2D eigenvalue weighted by molar-refractivity contribution is -0.120. The minimum Gasteiger partial charge on any atom is -0.324 e. The summed E-state index contributed by atoms with van der Waals surface area (Å²) in [6.45, 7) is 3.70. The molecule has 0 heterocycles. The van der Waals surface area contributed by atoms with Crippen LogP contribution in [0.5, 0.6) is 0 Å². The molecule has 1 amide bonds. The van der Waals surface area contributed by atoms with Gasteiger partial charge in [-0.25, -0.2) is 4.39 Å². The van der Waals surface area contributed by atoms with Crippen LogP contribution in [-0.4, -0.2) is 5.91 Å². The Labute approximate surface area is 140 Å². The summed E-state index contributed by atoms with van der Waals surface area (Å²) in [5, 5.41) is 2.83. The summed E-state index contributed by atoms with van der Waals surface area (Å²) in [6, 6.07) is 11.8. The SMILES string of the molecule is CC(C)(C(=O)Nc1ccc(F)cc1Br)c1ccc(Br)cc1. The monoisotopic (exact) mass is 413 g/mol. The molecule has 1 N–H and O–H groups in total. The maximum atomic E-state index is 13.1. The second kappa shape index (κ2) is 6.28. The number of benzene rings is 2. The van der Waals surface area contributed by atoms with Crippen molar-refractivity contribution in [2.45, 2.75) is 19.3 Å². The van der Waals surface area contributed by atoms with Crippen LogP contribution in [-0.2, 0) is 10.2 Å². The number of carbonyl (C=O) groups is 1. The fourth-order valence-electron chi connectivity index (χ4n) is 1.87. The Hall–Kier alpha value is -1.20. The Morgan fingerprint density at radius 1 is 1.10 bits per heavy atom. The molecule has 110 valence electrons. The van der Waals surface area contributed by atoms with E-state index in [1.165, 1.54) is 18.2 Å². The number of anilines is 1. The van der Waals surface area contributed by atoms with E-state index in [1.54, 1.807) is 0 Å². The number of amides is 1. The number of nitrogens with one attached hydrogen (secondary N) is 1. The van der Waals surface area contributed by atoms with Gasteiger partial charge in [0.2, 0.25) is 5.91 Å². The van der Waals surface area contributed by atoms with E-state index >= 15 is 0 Å². The van der Waals surface area contributed by atoms with E-state index in [9.17, 15) is 9.18 Å². The first kappa shape index (κ1) is 16.2. The summed E-state index contributed by atoms with van der Waals surface area (Å²) >= 11 is 6.62. The molecule has 0 saturated carbocycles. The van der Waals surface area contributed by atoms with Gasteiger partial charge in [0.1, 0.15) is 5.82 Å². The molecule has 2 aromatic carbocycles. The molecule has 5 heteroatoms. The highest BCUT2D eigenvalue weighted by Gasteiger charge is 2.30. The standard InChI is InChI=1S/C16H14Br2FNO/c1-16(2,10-3-5-11(17)6-4-10)15(21)20-14-8-7-12(19)9-13(14)18/h3-9H,1-2H3,(H,20,21). The predicted octanol–water partition coefficient (Wildman–Crippen LogP) is 5.27. The van der Waals surface area contributed by atoms with E-state index in [0.717, 1.165) is 10.0 Å². The lowest BCUT2D eigenvalue weighted by Gasteiger charge is -2.24. The Balaban J connectivity index is 2.24. The van der Waals surface area contributed by atoms with E-state index in [1.807, 2.05) is 38.1 Å². The van der Waals surface area contributed by atoms with Gasteiger partial charge in [0.25, 0.3) is 0 Å². The largest absolute Gasteiger partial charge is 0.324 e. The zero-order valence-electron chi connectivity index (χ0n) is 11.6. The van der Waals surface area contributed by atoms with Crippen LogP contribution in [0.4, 0.5) is 10.1 Å². The molecule has 0 aliphatic carbocycles. The second-order valence-electron chi connectivity index (χ2n) is 5.21. The van der Waals surface area contributed by atoms with Gasteiger partial charge in [-0.1, -0.05) is 28.1 Å². The zero-order valence-corrected chi connectivity index (χ0v) is 14.8. The van der Waals surface area contributed by atoms with E-state index in [0.29, 0.717) is 10.2 Å². The predicted molar refractivity (Wildman–Crippen MR) is 89.9 cm³/mol. The van der Waals surface area contributed by atoms with Crippen LogP contribution in [0.3, 0.4) is 0 Å². The van der Waals surface area contributed by atoms with Gasteiger partial charge in [-0.05, 0) is 65.7 Å². The highest BCUT2D eigenvalue weighted by atomic mass is 79.9. The summed E-state index contributed by atoms with van der Waals surface area (Å²) in [5.41, 5.74) is 0.752. The quantitative estimate of drug-likeness (QED) is 0.728. The van der Waals surface area contributed by atoms with Gasteiger partial charge in [-0.15, -0.1) is 0 Å². The first-order valence-corrected chi connectivity index (χ1v) is 7.92. The van der Waals surface area contributed by atoms with E-state index < -0.39 is 5.41 Å². The molecular formula is C16H14Br2FNO. The summed E-state index contributed by atoms with van der Waals surface area (Å²) in [5.74, 6) is -0.510. The third kappa shape index (κ3) is 3.71. The molecule has 2 aromatic rings. The van der Waals surface area contributed by atoms with Crippen LogP contribution in [0.15, 0.2) is 51.4 Å². The van der Waals surface area contributed by atoms with Crippen LogP contribution in [0.2, 0.25) is 0 Å². The Bertz CT molecular complexity index is 668. The van der Waals surface area contributed by atoms with Crippen molar-refractivity contribution in [1.29, 1.82) is 0 Å². The fraction of sp³-hybridized carbons (Fsp3) is 0.188. The van der Waals surface area contributed by atoms with Crippen molar-refractivity contribution in [1.82, 2.24) is 0 Å². The molecule has 2 rings (SSSR count). The van der Waals surface area contributed by atoms with Gasteiger partial charge in [0, 0.05) is 8.95 Å². The molecule has 0 unspecified atom stereocenters. The minimum atomic E-state index is -0.700. The average Bonchev–Trinajstić information content (AvgIpc) is 2.42. The van der Waals surface area contributed by atoms with Gasteiger partial charge in [0.15, 0.2) is 0 Å². The van der Waals surface area contributed by atoms with Gasteiger partial charge < -0.3 is 5.32 Å². The molecule has 0 spiro atoms. The molecule has 0 bridgehead atoms. The van der Waals surface area contributed by atoms with Gasteiger partial charge in [-0.2, -0.15) is 0 Å². The molecule has 0 aliphatic heterocycles. The smallest absolute Gasteiger partial charge is 0.234 e. The van der Waals surface area contributed by atoms with Crippen LogP contribution < -0.4 is 5.32 Å². The van der Waals surface area contributed by atoms with Crippen LogP contribution in [0.1, 0.15) is 19.4 Å². The topological polar surface area (TPSA) is 29.1 Å². The molecule has 0 aromatic heterocycles. The molecule has 0 aliphatic rings. The second-order valence-corrected chi connectivity index (χ2v) is 6.98. The Morgan fingerprint density at radius 3 is 2.29 bits per heavy atom. The molecule has 21 heavy (non-hydrogen) atoms. The third-order valence-electron chi connectivity index (χ3n) is 3.31. The van der Waals surface area contributed by atoms with E-state index in [2.05, 4.69) is 37.2 Å². The summed E-state index contributed by atoms with van der Waals surface area (Å²) in [7, 11) is 0. The van der Waals surface area contributed by atoms with Crippen LogP contribution >= 0.6 is 31.9 Å². The average molecular weight is 415 g/mol. The fourth-order valence-corrected chi connectivity index (χ4v) is 2.58. The molecule has 0 atom stereocenters. The number of hydrogen-bond acceptors (Lipinski definition) is 1. The molecule has 0 saturated heterocycles. The lowest BCUT2D eigenvalue weighted by Crippen LogP contribution is -2.34. The summed E-state index contributed by atoms with van der Waals surface area (Å²) in [6.07, 6.45) is 0. The molecule has 0 radical (unpaired) electrons. The van der Waals surface area contributed by atoms with Gasteiger partial charge >= 0.3 is 0 Å². The highest BCUT2D eigenvalue weighted by molar-refractivity contribution is 9.10. The van der Waals surface area contributed by atoms with Crippen LogP contribution in [0, 0.1) is 5.82 Å². The van der Waals surface area contributed by atoms with Gasteiger partial charge in [-0.3, -0.25) is 4.79 Å². The molecule has 2 nitrogen and oxygen atoms in total. The molecule has 0 fully saturated rings. The van der Waals surface area contributed by atoms with Crippen molar-refractivity contribution in [3.63, 3.8) is 0 Å². The normalized spacial score (nSPS) is 11.3. The number of hydrogen-bond donors (Lipinski definition) is 1. The Morgan fingerprint density at radius 2 is 1.71 bits per heavy atom. The summed E-state index contributed by atoms with van der Waals surface area (Å²) in [4.78, 5) is 12.5. The number of rotatable bonds is 3. The van der Waals surface area contributed by atoms with Crippen molar-refractivity contribution in [3.05, 3.63) is 62.8 Å². The third-order valence-corrected chi connectivity index (χ3v) is 4.50. The maximum Gasteiger partial charge on any atom is 0.234 e. The first-order valence-electron chi connectivity index (χ1n) is 6.33. The van der Waals surface area contributed by atoms with Crippen molar-refractivity contribution in [3.8, 4) is 0 Å². The van der Waals surface area contributed by atoms with E-state index in [-0.39, 0.29) is 11.7 Å². The van der Waals surface area contributed by atoms with Crippen molar-refractivity contribution in [2.24, 2.45) is 0 Å². The maximum absolute atomic E-state index is 13.1. The van der Waals surface area contributed by atoms with Crippen molar-refractivity contribution in [2.75, 3.05) is 5.32 Å². The summed E-state index contributed by atoms with van der Waals surface area (Å²) < 4.78 is 14.6. The number of carbonyl (C=O) groups excluding carboxylic acids is 1. The highest BCUT2D eigenvalue weighted by Crippen LogP contribution is 2.29. The zero-order chi connectivity index (χ0) is 15.6. The van der Waals surface area contributed by atoms with E-state index in [4.69, 9.17) is 0 Å². The number of halogens is 3. The minimum absolute atomic E-state index is 0.155. The first-order chi connectivity index (χ1) is 9.80. The van der Waals surface area contributed by atoms with Crippen molar-refractivity contribution < 1.29 is 9.18 Å². The Kier molecular flexibility index (Phi) is 4.84. The van der Waals surface area contributed by atoms with Crippen LogP contribution in [0.25, 0.3) is 0 Å². The lowest BCUT2D eigenvalue weighted by atomic mass is 9.83. The van der Waals surface area contributed by atoms with Gasteiger partial charge in [0.05, 0.1) is 11.1 Å². The molecular weight excluding hydrogens is 401 g/mol.